The zero-order valence-corrected chi connectivity index (χ0v) is 73.6. The van der Waals surface area contributed by atoms with E-state index < -0.39 is 142 Å². The van der Waals surface area contributed by atoms with Crippen molar-refractivity contribution in [2.75, 3.05) is 67.0 Å². The third kappa shape index (κ3) is 23.6. The lowest BCUT2D eigenvalue weighted by atomic mass is 9.73. The summed E-state index contributed by atoms with van der Waals surface area (Å²) in [5.74, 6) is -10.5. The predicted molar refractivity (Wildman–Crippen MR) is 447 cm³/mol. The van der Waals surface area contributed by atoms with Gasteiger partial charge >= 0.3 is 18.0 Å². The number of ketones is 4. The van der Waals surface area contributed by atoms with Crippen LogP contribution >= 0.6 is 0 Å². The summed E-state index contributed by atoms with van der Waals surface area (Å²) in [7, 11) is 10.4. The molecular weight excluding hydrogens is 1540 g/mol. The Kier molecular flexibility index (Phi) is 35.3. The Morgan fingerprint density at radius 2 is 1.05 bits per heavy atom. The Morgan fingerprint density at radius 3 is 1.50 bits per heavy atom. The van der Waals surface area contributed by atoms with Crippen LogP contribution in [0.3, 0.4) is 0 Å². The largest absolute Gasteiger partial charge is 0.456 e. The number of anilines is 2. The summed E-state index contributed by atoms with van der Waals surface area (Å²) in [5.41, 5.74) is 9.75. The summed E-state index contributed by atoms with van der Waals surface area (Å²) in [6, 6.07) is 13.8. The summed E-state index contributed by atoms with van der Waals surface area (Å²) in [4.78, 5) is 103. The van der Waals surface area contributed by atoms with E-state index in [1.165, 1.54) is 46.0 Å². The first-order chi connectivity index (χ1) is 55.1. The second kappa shape index (κ2) is 42.0. The number of nitrogens with two attached hydrogens (primary N) is 3. The van der Waals surface area contributed by atoms with Crippen LogP contribution in [0.5, 0.6) is 0 Å². The molecule has 9 rings (SSSR count). The predicted octanol–water partition coefficient (Wildman–Crippen LogP) is 10.5. The number of nitrogen functional groups attached to an aromatic ring is 2. The molecule has 2 aromatic heterocycles. The van der Waals surface area contributed by atoms with Crippen molar-refractivity contribution < 1.29 is 95.2 Å². The van der Waals surface area contributed by atoms with Gasteiger partial charge in [-0.1, -0.05) is 97.5 Å². The van der Waals surface area contributed by atoms with E-state index >= 15 is 8.78 Å². The molecule has 668 valence electrons. The summed E-state index contributed by atoms with van der Waals surface area (Å²) in [6.07, 6.45) is 0.578. The zero-order valence-electron chi connectivity index (χ0n) is 73.6. The first kappa shape index (κ1) is 100. The van der Waals surface area contributed by atoms with Gasteiger partial charge in [0.05, 0.1) is 54.1 Å². The minimum Gasteiger partial charge on any atom is -0.456 e. The first-order valence-electron chi connectivity index (χ1n) is 41.4. The number of unbranched alkanes of at least 4 members (excludes halogenated alkanes) is 2. The fourth-order valence-electron chi connectivity index (χ4n) is 17.6. The quantitative estimate of drug-likeness (QED) is 0.0170. The summed E-state index contributed by atoms with van der Waals surface area (Å²) in [5, 5.41) is 39.3. The number of hydrogen-bond donors (Lipinski definition) is 5. The van der Waals surface area contributed by atoms with Crippen LogP contribution in [-0.2, 0) is 84.5 Å². The maximum Gasteiger partial charge on any atom is 0.410 e. The molecule has 0 aliphatic carbocycles. The highest BCUT2D eigenvalue weighted by Crippen LogP contribution is 2.46. The van der Waals surface area contributed by atoms with Gasteiger partial charge in [0, 0.05) is 104 Å². The summed E-state index contributed by atoms with van der Waals surface area (Å²) in [6.45, 7) is 29.1. The molecule has 5 aliphatic heterocycles. The molecule has 0 radical (unpaired) electrons. The second-order valence-corrected chi connectivity index (χ2v) is 34.8. The summed E-state index contributed by atoms with van der Waals surface area (Å²) >= 11 is 0. The van der Waals surface area contributed by atoms with Crippen molar-refractivity contribution >= 4 is 52.5 Å². The van der Waals surface area contributed by atoms with Crippen molar-refractivity contribution in [2.45, 2.75) is 310 Å². The normalized spacial score (nSPS) is 35.8. The molecule has 32 heteroatoms. The van der Waals surface area contributed by atoms with Crippen LogP contribution in [0.15, 0.2) is 72.6 Å². The fraction of sp³-hybridized carbons (Fsp3) is 0.713. The minimum atomic E-state index is -3.19. The molecule has 119 heavy (non-hydrogen) atoms. The minimum absolute atomic E-state index is 0. The number of carbonyl (C=O) groups excluding carboxylic acids is 7. The highest BCUT2D eigenvalue weighted by molar-refractivity contribution is 6.08. The van der Waals surface area contributed by atoms with Crippen LogP contribution in [0.25, 0.3) is 22.5 Å². The monoisotopic (exact) mass is 1680 g/mol. The number of aromatic nitrogens is 6. The van der Waals surface area contributed by atoms with Gasteiger partial charge in [-0.3, -0.25) is 28.5 Å². The van der Waals surface area contributed by atoms with Crippen LogP contribution in [0.1, 0.15) is 189 Å². The Hall–Kier alpha value is -7.63. The molecule has 4 aromatic rings. The number of Topliss-reactive ketones (excluding diaryl/α,β-unsaturated/α-hetero) is 4. The number of allylic oxidation sites excluding steroid dienone is 1. The molecule has 8 N–H and O–H groups in total. The SMILES string of the molecule is C.CC[C@H]1OC(=O)[C@@](C)(F)C(=O)[C@H](C)[C@@H](OC2OC(C)CC(N(C)C)C2C)[C@](C)(OC)C[C@@H](C)C(=O)/C(C)=C/[C@]1(C)O.CC[C@H]1OC(=O)[C@@](C)(F)C(=O)[C@H](C)[C@@H](OC2OC(C)CC(N(C)C)C2O)[C@](C)(OC)C[C@@H](C)C(=O)[C@H](C)[C@H]2N(CCCCn3cc(-c4cccc(N)c4)nn3)C(=O)O[C@]12C.NCCCCn1cc(-c2cccc(N)c2)nn1. The van der Waals surface area contributed by atoms with Crippen LogP contribution in [0.4, 0.5) is 25.0 Å². The number of alkyl halides is 2. The number of aliphatic hydroxyl groups excluding tert-OH is 1. The molecule has 8 unspecified atom stereocenters. The van der Waals surface area contributed by atoms with E-state index in [1.807, 2.05) is 113 Å². The number of amides is 1. The lowest BCUT2D eigenvalue weighted by molar-refractivity contribution is -0.295. The van der Waals surface area contributed by atoms with E-state index in [4.69, 9.17) is 59.8 Å². The Bertz CT molecular complexity index is 4080. The molecule has 24 atom stereocenters. The number of methoxy groups -OCH3 is 2. The number of esters is 2. The smallest absolute Gasteiger partial charge is 0.410 e. The van der Waals surface area contributed by atoms with Gasteiger partial charge in [-0.2, -0.15) is 0 Å². The molecular formula is C87H138F2N12O18. The molecule has 0 bridgehead atoms. The molecule has 30 nitrogen and oxygen atoms in total. The lowest BCUT2D eigenvalue weighted by Gasteiger charge is -2.47. The average Bonchev–Trinajstić information content (AvgIpc) is 1.72. The van der Waals surface area contributed by atoms with Gasteiger partial charge in [0.1, 0.15) is 41.1 Å². The van der Waals surface area contributed by atoms with Crippen LogP contribution in [0, 0.1) is 35.5 Å². The number of cyclic esters (lactones) is 2. The van der Waals surface area contributed by atoms with Gasteiger partial charge in [-0.15, -0.1) is 10.2 Å². The van der Waals surface area contributed by atoms with E-state index in [0.29, 0.717) is 37.2 Å². The fourth-order valence-corrected chi connectivity index (χ4v) is 17.6. The molecule has 4 saturated heterocycles. The number of rotatable bonds is 21. The van der Waals surface area contributed by atoms with Crippen molar-refractivity contribution in [1.82, 2.24) is 44.7 Å². The van der Waals surface area contributed by atoms with Gasteiger partial charge in [-0.05, 0) is 197 Å². The standard InChI is InChI=1S/C43H65FN6O10.C31H52FNO8.C12H17N5.CH4/c1-12-32-43(8)35(50(40(55)60-43)19-14-13-18-49-23-30(46-47-49)28-16-15-17-29(45)21-28)26(4)33(51)24(2)22-41(6,56-11)37(27(5)36(53)42(7,44)39(54)58-32)59-38-34(52)31(48(9)10)20-25(3)57-38;1-13-23-29(7,37)15-17(2)24(34)18(3)16-30(8,38-12)26(21(6)25(35)31(9,32)28(36)40-23)41-27-20(5)22(33(10)11)14-19(4)39-27;13-6-1-2-7-17-9-12(15-16-17)10-4-3-5-11(14)8-10;/h15-17,21,23-27,31-32,34-35,37-38,52H,12-14,18-20,22,45H2,1-11H3;15,18-23,26-27,37H,13-14,16H2,1-12H3;3-5,8-9H,1-2,6-7,13-14H2;1H4/b;17-15+;;/t24-,25?,26+,27+,31?,32-,34?,35-,37-,38?,41-,42+,43-;18-,19?,20?,21+,22?,23-,26-,27?,29+,30-,31+;;/m11../s1. The third-order valence-electron chi connectivity index (χ3n) is 24.5. The maximum atomic E-state index is 16.9. The van der Waals surface area contributed by atoms with Crippen LogP contribution in [-0.4, -0.2) is 259 Å². The van der Waals surface area contributed by atoms with Crippen LogP contribution in [0.2, 0.25) is 0 Å². The highest BCUT2D eigenvalue weighted by atomic mass is 19.1. The number of likely N-dealkylation sites (N-methyl/N-ethyl adjacent to an activating group) is 1. The highest BCUT2D eigenvalue weighted by Gasteiger charge is 2.63. The van der Waals surface area contributed by atoms with E-state index in [-0.39, 0.29) is 87.0 Å². The molecule has 5 aliphatic rings. The molecule has 0 saturated carbocycles. The Balaban J connectivity index is 0.000000319. The van der Waals surface area contributed by atoms with Gasteiger partial charge < -0.3 is 84.7 Å². The van der Waals surface area contributed by atoms with E-state index in [1.54, 1.807) is 73.1 Å². The van der Waals surface area contributed by atoms with E-state index in [9.17, 15) is 43.8 Å². The number of halogens is 2. The number of carbonyl (C=O) groups is 7. The van der Waals surface area contributed by atoms with Gasteiger partial charge in [0.2, 0.25) is 0 Å². The Labute approximate surface area is 702 Å². The van der Waals surface area contributed by atoms with Gasteiger partial charge in [0.25, 0.3) is 11.3 Å². The lowest BCUT2D eigenvalue weighted by Crippen LogP contribution is -2.61. The molecule has 0 spiro atoms. The number of benzene rings is 2. The van der Waals surface area contributed by atoms with Gasteiger partial charge in [0.15, 0.2) is 35.5 Å². The molecule has 2 aromatic carbocycles. The van der Waals surface area contributed by atoms with E-state index in [0.717, 1.165) is 68.7 Å². The maximum absolute atomic E-state index is 16.9. The van der Waals surface area contributed by atoms with Crippen molar-refractivity contribution in [3.63, 3.8) is 0 Å². The molecule has 1 amide bonds. The van der Waals surface area contributed by atoms with Crippen molar-refractivity contribution in [2.24, 2.45) is 41.2 Å². The number of nitrogens with zero attached hydrogens (tertiary/aromatic N) is 9. The van der Waals surface area contributed by atoms with E-state index in [2.05, 4.69) is 25.5 Å². The number of hydrogen-bond acceptors (Lipinski definition) is 27. The third-order valence-corrected chi connectivity index (χ3v) is 24.5. The van der Waals surface area contributed by atoms with Crippen molar-refractivity contribution in [3.8, 4) is 22.5 Å². The first-order valence-corrected chi connectivity index (χ1v) is 41.4. The van der Waals surface area contributed by atoms with Crippen molar-refractivity contribution in [1.29, 1.82) is 0 Å². The van der Waals surface area contributed by atoms with Crippen LogP contribution < -0.4 is 17.2 Å². The topological polar surface area (TPSA) is 392 Å². The summed E-state index contributed by atoms with van der Waals surface area (Å²) < 4.78 is 91.3. The second-order valence-electron chi connectivity index (χ2n) is 34.8. The number of ether oxygens (including phenoxy) is 9. The molecule has 4 fully saturated rings. The Morgan fingerprint density at radius 1 is 0.613 bits per heavy atom. The van der Waals surface area contributed by atoms with Crippen molar-refractivity contribution in [3.05, 3.63) is 72.6 Å². The number of aliphatic hydroxyl groups is 2. The number of aryl methyl sites for hydroxylation is 2. The number of fused-ring (bicyclic) bond motifs is 1. The molecule has 7 heterocycles. The van der Waals surface area contributed by atoms with Gasteiger partial charge in [-0.25, -0.2) is 23.2 Å². The zero-order chi connectivity index (χ0) is 88.2. The average molecular weight is 1680 g/mol.